The highest BCUT2D eigenvalue weighted by atomic mass is 19.1. The van der Waals surface area contributed by atoms with Crippen LogP contribution in [0, 0.1) is 15.9 Å². The minimum atomic E-state index is -1.28. The molecule has 1 amide bonds. The van der Waals surface area contributed by atoms with Crippen molar-refractivity contribution in [1.82, 2.24) is 24.9 Å². The van der Waals surface area contributed by atoms with Gasteiger partial charge in [-0.3, -0.25) is 10.1 Å². The molecule has 0 aromatic carbocycles. The van der Waals surface area contributed by atoms with Crippen molar-refractivity contribution in [3.63, 3.8) is 0 Å². The molecule has 33 heavy (non-hydrogen) atoms. The summed E-state index contributed by atoms with van der Waals surface area (Å²) in [6.07, 6.45) is 0.317. The van der Waals surface area contributed by atoms with Gasteiger partial charge in [0.2, 0.25) is 11.5 Å². The second-order valence-corrected chi connectivity index (χ2v) is 7.50. The first-order valence-corrected chi connectivity index (χ1v) is 9.91. The molecule has 12 nitrogen and oxygen atoms in total. The molecule has 1 fully saturated rings. The van der Waals surface area contributed by atoms with Gasteiger partial charge in [-0.05, 0) is 19.1 Å². The van der Waals surface area contributed by atoms with E-state index in [1.165, 1.54) is 22.8 Å². The number of anilines is 1. The van der Waals surface area contributed by atoms with Gasteiger partial charge in [-0.1, -0.05) is 0 Å². The maximum Gasteiger partial charge on any atom is 0.404 e. The Morgan fingerprint density at radius 3 is 3.00 bits per heavy atom. The maximum atomic E-state index is 14.5. The average molecular weight is 463 g/mol. The minimum absolute atomic E-state index is 0.0132. The number of carboxylic acid groups (broad SMARTS) is 1. The van der Waals surface area contributed by atoms with Crippen molar-refractivity contribution in [2.75, 3.05) is 18.0 Å². The first-order chi connectivity index (χ1) is 15.7. The summed E-state index contributed by atoms with van der Waals surface area (Å²) in [6, 6.07) is 1.98. The standard InChI is InChI=1S/C19H19F2N7O5/c1-10(6-23-19(29)30)33-18-13(4-11(20)7-22-18)14-5-12(21)9-26(14)16-2-3-27-17(25-16)15(8-24-27)28(31)32/h2-4,7-8,10,12,14,23H,5-6,9H2,1H3,(H,29,30)/t10-,12-,14+/m0/s1. The van der Waals surface area contributed by atoms with Crippen molar-refractivity contribution in [3.8, 4) is 5.88 Å². The third kappa shape index (κ3) is 4.58. The second-order valence-electron chi connectivity index (χ2n) is 7.50. The van der Waals surface area contributed by atoms with Crippen molar-refractivity contribution in [2.24, 2.45) is 0 Å². The van der Waals surface area contributed by atoms with Gasteiger partial charge in [0, 0.05) is 18.2 Å². The molecule has 1 aliphatic rings. The van der Waals surface area contributed by atoms with Crippen LogP contribution in [0.25, 0.3) is 5.65 Å². The van der Waals surface area contributed by atoms with Gasteiger partial charge in [0.05, 0.1) is 30.3 Å². The van der Waals surface area contributed by atoms with E-state index in [4.69, 9.17) is 9.84 Å². The predicted molar refractivity (Wildman–Crippen MR) is 110 cm³/mol. The highest BCUT2D eigenvalue weighted by Gasteiger charge is 2.37. The fourth-order valence-corrected chi connectivity index (χ4v) is 3.71. The fraction of sp³-hybridized carbons (Fsp3) is 0.368. The Labute approximate surface area is 185 Å². The summed E-state index contributed by atoms with van der Waals surface area (Å²) in [5.41, 5.74) is -0.0663. The Morgan fingerprint density at radius 1 is 1.48 bits per heavy atom. The largest absolute Gasteiger partial charge is 0.473 e. The molecule has 14 heteroatoms. The van der Waals surface area contributed by atoms with Gasteiger partial charge < -0.3 is 20.1 Å². The van der Waals surface area contributed by atoms with Crippen LogP contribution >= 0.6 is 0 Å². The predicted octanol–water partition coefficient (Wildman–Crippen LogP) is 2.50. The number of nitro groups is 1. The lowest BCUT2D eigenvalue weighted by Gasteiger charge is -2.27. The van der Waals surface area contributed by atoms with Crippen LogP contribution in [0.5, 0.6) is 5.88 Å². The van der Waals surface area contributed by atoms with Crippen LogP contribution in [0.2, 0.25) is 0 Å². The summed E-state index contributed by atoms with van der Waals surface area (Å²) in [5, 5.41) is 26.1. The van der Waals surface area contributed by atoms with Crippen LogP contribution in [0.1, 0.15) is 24.9 Å². The number of pyridine rings is 1. The number of ether oxygens (including phenoxy) is 1. The quantitative estimate of drug-likeness (QED) is 0.398. The third-order valence-corrected chi connectivity index (χ3v) is 5.13. The van der Waals surface area contributed by atoms with E-state index in [0.29, 0.717) is 0 Å². The van der Waals surface area contributed by atoms with Gasteiger partial charge in [-0.2, -0.15) is 5.10 Å². The Balaban J connectivity index is 1.69. The molecule has 4 rings (SSSR count). The second kappa shape index (κ2) is 8.80. The summed E-state index contributed by atoms with van der Waals surface area (Å²) >= 11 is 0. The van der Waals surface area contributed by atoms with Crippen LogP contribution < -0.4 is 15.0 Å². The number of hydrogen-bond donors (Lipinski definition) is 2. The zero-order chi connectivity index (χ0) is 23.7. The molecule has 0 aliphatic carbocycles. The molecule has 0 spiro atoms. The monoisotopic (exact) mass is 463 g/mol. The van der Waals surface area contributed by atoms with Crippen molar-refractivity contribution in [2.45, 2.75) is 31.7 Å². The Hall–Kier alpha value is -4.10. The van der Waals surface area contributed by atoms with Gasteiger partial charge >= 0.3 is 11.8 Å². The SMILES string of the molecule is C[C@@H](CNC(=O)O)Oc1ncc(F)cc1[C@H]1C[C@H](F)CN1c1ccn2ncc([N+](=O)[O-])c2n1. The third-order valence-electron chi connectivity index (χ3n) is 5.13. The van der Waals surface area contributed by atoms with E-state index in [1.807, 2.05) is 0 Å². The summed E-state index contributed by atoms with van der Waals surface area (Å²) in [7, 11) is 0. The van der Waals surface area contributed by atoms with Crippen molar-refractivity contribution < 1.29 is 28.3 Å². The van der Waals surface area contributed by atoms with Crippen LogP contribution in [-0.4, -0.2) is 61.1 Å². The number of alkyl halides is 1. The summed E-state index contributed by atoms with van der Waals surface area (Å²) in [6.45, 7) is 1.47. The number of halogens is 2. The fourth-order valence-electron chi connectivity index (χ4n) is 3.71. The molecule has 174 valence electrons. The molecule has 0 bridgehead atoms. The lowest BCUT2D eigenvalue weighted by molar-refractivity contribution is -0.383. The van der Waals surface area contributed by atoms with Crippen molar-refractivity contribution >= 4 is 23.2 Å². The van der Waals surface area contributed by atoms with Crippen molar-refractivity contribution in [1.29, 1.82) is 0 Å². The molecule has 3 atom stereocenters. The van der Waals surface area contributed by atoms with Crippen LogP contribution in [-0.2, 0) is 0 Å². The molecular formula is C19H19F2N7O5. The number of fused-ring (bicyclic) bond motifs is 1. The number of aromatic nitrogens is 4. The molecule has 2 N–H and O–H groups in total. The first-order valence-electron chi connectivity index (χ1n) is 9.91. The normalized spacial score (nSPS) is 18.9. The van der Waals surface area contributed by atoms with E-state index in [0.717, 1.165) is 12.4 Å². The minimum Gasteiger partial charge on any atom is -0.473 e. The Morgan fingerprint density at radius 2 is 2.27 bits per heavy atom. The number of carbonyl (C=O) groups is 1. The van der Waals surface area contributed by atoms with E-state index < -0.39 is 35.2 Å². The van der Waals surface area contributed by atoms with Gasteiger partial charge in [0.1, 0.15) is 30.1 Å². The molecule has 3 aromatic rings. The van der Waals surface area contributed by atoms with Gasteiger partial charge in [0.25, 0.3) is 0 Å². The van der Waals surface area contributed by atoms with E-state index >= 15 is 0 Å². The number of nitrogens with one attached hydrogen (secondary N) is 1. The molecule has 4 heterocycles. The molecule has 1 saturated heterocycles. The highest BCUT2D eigenvalue weighted by Crippen LogP contribution is 2.40. The lowest BCUT2D eigenvalue weighted by atomic mass is 10.1. The molecule has 0 unspecified atom stereocenters. The molecule has 0 radical (unpaired) electrons. The van der Waals surface area contributed by atoms with E-state index in [9.17, 15) is 23.7 Å². The molecule has 3 aromatic heterocycles. The number of amides is 1. The Kier molecular flexibility index (Phi) is 5.89. The van der Waals surface area contributed by atoms with E-state index in [-0.39, 0.29) is 48.1 Å². The molecule has 0 saturated carbocycles. The van der Waals surface area contributed by atoms with Crippen LogP contribution in [0.3, 0.4) is 0 Å². The Bertz CT molecular complexity index is 1210. The summed E-state index contributed by atoms with van der Waals surface area (Å²) < 4.78 is 35.6. The number of nitrogens with zero attached hydrogens (tertiary/aromatic N) is 6. The summed E-state index contributed by atoms with van der Waals surface area (Å²) in [5.74, 6) is -0.394. The van der Waals surface area contributed by atoms with Gasteiger partial charge in [0.15, 0.2) is 0 Å². The van der Waals surface area contributed by atoms with E-state index in [2.05, 4.69) is 20.4 Å². The first kappa shape index (κ1) is 22.1. The number of rotatable bonds is 7. The highest BCUT2D eigenvalue weighted by molar-refractivity contribution is 5.64. The zero-order valence-electron chi connectivity index (χ0n) is 17.3. The molecule has 1 aliphatic heterocycles. The van der Waals surface area contributed by atoms with Crippen LogP contribution in [0.4, 0.5) is 25.1 Å². The van der Waals surface area contributed by atoms with Crippen LogP contribution in [0.15, 0.2) is 30.7 Å². The zero-order valence-corrected chi connectivity index (χ0v) is 17.3. The average Bonchev–Trinajstić information content (AvgIpc) is 3.36. The van der Waals surface area contributed by atoms with E-state index in [1.54, 1.807) is 11.8 Å². The van der Waals surface area contributed by atoms with Gasteiger partial charge in [-0.25, -0.2) is 28.1 Å². The van der Waals surface area contributed by atoms with Gasteiger partial charge in [-0.15, -0.1) is 0 Å². The maximum absolute atomic E-state index is 14.5. The topological polar surface area (TPSA) is 148 Å². The molecular weight excluding hydrogens is 444 g/mol. The number of hydrogen-bond acceptors (Lipinski definition) is 8. The van der Waals surface area contributed by atoms with Crippen molar-refractivity contribution in [3.05, 3.63) is 52.2 Å². The summed E-state index contributed by atoms with van der Waals surface area (Å²) in [4.78, 5) is 31.2. The lowest BCUT2D eigenvalue weighted by Crippen LogP contribution is -2.33. The smallest absolute Gasteiger partial charge is 0.404 e.